The van der Waals surface area contributed by atoms with Crippen LogP contribution in [0, 0.1) is 16.0 Å². The maximum absolute atomic E-state index is 12.7. The molecule has 11 heteroatoms. The fourth-order valence-corrected chi connectivity index (χ4v) is 5.02. The Labute approximate surface area is 185 Å². The van der Waals surface area contributed by atoms with Gasteiger partial charge < -0.3 is 10.6 Å². The third kappa shape index (κ3) is 5.72. The molecule has 2 N–H and O–H groups in total. The lowest BCUT2D eigenvalue weighted by Gasteiger charge is -2.30. The number of nitro groups is 1. The minimum absolute atomic E-state index is 0.0249. The van der Waals surface area contributed by atoms with Crippen molar-refractivity contribution < 1.29 is 18.1 Å². The first-order valence-corrected chi connectivity index (χ1v) is 11.6. The number of hydrogen-bond donors (Lipinski definition) is 2. The number of sulfonamides is 1. The number of nitrogens with zero attached hydrogens (tertiary/aromatic N) is 2. The number of carbonyl (C=O) groups excluding carboxylic acids is 1. The van der Waals surface area contributed by atoms with E-state index in [-0.39, 0.29) is 35.5 Å². The molecule has 1 fully saturated rings. The second kappa shape index (κ2) is 10.1. The van der Waals surface area contributed by atoms with Gasteiger partial charge in [-0.05, 0) is 43.2 Å². The summed E-state index contributed by atoms with van der Waals surface area (Å²) in [4.78, 5) is 23.1. The Hall–Kier alpha value is -2.69. The number of amides is 1. The molecule has 9 nitrogen and oxygen atoms in total. The van der Waals surface area contributed by atoms with Gasteiger partial charge in [0.1, 0.15) is 5.69 Å². The molecular formula is C20H23ClN4O5S. The SMILES string of the molecule is O=C(NCCNc1ccccc1[N+](=O)[O-])C1CCN(S(=O)(=O)c2ccc(Cl)cc2)CC1. The second-order valence-electron chi connectivity index (χ2n) is 7.12. The number of piperidine rings is 1. The zero-order valence-electron chi connectivity index (χ0n) is 16.7. The van der Waals surface area contributed by atoms with Gasteiger partial charge in [-0.15, -0.1) is 0 Å². The number of para-hydroxylation sites is 2. The summed E-state index contributed by atoms with van der Waals surface area (Å²) in [6.07, 6.45) is 0.854. The van der Waals surface area contributed by atoms with Crippen molar-refractivity contribution in [1.82, 2.24) is 9.62 Å². The van der Waals surface area contributed by atoms with Crippen molar-refractivity contribution in [3.05, 3.63) is 63.7 Å². The molecule has 0 aliphatic carbocycles. The predicted molar refractivity (Wildman–Crippen MR) is 118 cm³/mol. The van der Waals surface area contributed by atoms with Gasteiger partial charge in [-0.1, -0.05) is 23.7 Å². The number of benzene rings is 2. The number of hydrogen-bond acceptors (Lipinski definition) is 6. The van der Waals surface area contributed by atoms with E-state index in [0.717, 1.165) is 0 Å². The average Bonchev–Trinajstić information content (AvgIpc) is 2.77. The van der Waals surface area contributed by atoms with Crippen molar-refractivity contribution in [2.45, 2.75) is 17.7 Å². The zero-order valence-corrected chi connectivity index (χ0v) is 18.2. The summed E-state index contributed by atoms with van der Waals surface area (Å²) in [5, 5.41) is 17.2. The molecule has 3 rings (SSSR count). The first kappa shape index (κ1) is 23.0. The van der Waals surface area contributed by atoms with Gasteiger partial charge in [0.25, 0.3) is 5.69 Å². The normalized spacial score (nSPS) is 15.4. The Balaban J connectivity index is 1.45. The van der Waals surface area contributed by atoms with Crippen molar-refractivity contribution >= 4 is 38.9 Å². The number of nitro benzene ring substituents is 1. The van der Waals surface area contributed by atoms with Crippen LogP contribution in [0.3, 0.4) is 0 Å². The van der Waals surface area contributed by atoms with E-state index in [4.69, 9.17) is 11.6 Å². The van der Waals surface area contributed by atoms with Crippen molar-refractivity contribution in [3.8, 4) is 0 Å². The minimum Gasteiger partial charge on any atom is -0.378 e. The summed E-state index contributed by atoms with van der Waals surface area (Å²) < 4.78 is 26.8. The van der Waals surface area contributed by atoms with Crippen LogP contribution in [0.5, 0.6) is 0 Å². The van der Waals surface area contributed by atoms with Gasteiger partial charge in [0, 0.05) is 43.2 Å². The molecule has 1 aliphatic rings. The highest BCUT2D eigenvalue weighted by Crippen LogP contribution is 2.25. The van der Waals surface area contributed by atoms with Gasteiger partial charge in [-0.2, -0.15) is 4.31 Å². The minimum atomic E-state index is -3.61. The van der Waals surface area contributed by atoms with E-state index in [1.807, 2.05) is 0 Å². The average molecular weight is 467 g/mol. The van der Waals surface area contributed by atoms with Crippen LogP contribution in [0.1, 0.15) is 12.8 Å². The Morgan fingerprint density at radius 1 is 1.10 bits per heavy atom. The highest BCUT2D eigenvalue weighted by molar-refractivity contribution is 7.89. The van der Waals surface area contributed by atoms with Crippen LogP contribution in [-0.2, 0) is 14.8 Å². The molecule has 0 atom stereocenters. The lowest BCUT2D eigenvalue weighted by molar-refractivity contribution is -0.384. The lowest BCUT2D eigenvalue weighted by atomic mass is 9.97. The summed E-state index contributed by atoms with van der Waals surface area (Å²) in [7, 11) is -3.61. The molecule has 1 aliphatic heterocycles. The van der Waals surface area contributed by atoms with Crippen LogP contribution in [0.4, 0.5) is 11.4 Å². The van der Waals surface area contributed by atoms with Gasteiger partial charge >= 0.3 is 0 Å². The maximum Gasteiger partial charge on any atom is 0.292 e. The summed E-state index contributed by atoms with van der Waals surface area (Å²) in [5.74, 6) is -0.421. The summed E-state index contributed by atoms with van der Waals surface area (Å²) in [6, 6.07) is 12.3. The van der Waals surface area contributed by atoms with E-state index in [9.17, 15) is 23.3 Å². The second-order valence-corrected chi connectivity index (χ2v) is 9.50. The quantitative estimate of drug-likeness (QED) is 0.350. The third-order valence-electron chi connectivity index (χ3n) is 5.12. The molecule has 1 heterocycles. The van der Waals surface area contributed by atoms with Gasteiger partial charge in [0.15, 0.2) is 0 Å². The van der Waals surface area contributed by atoms with Crippen LogP contribution in [0.15, 0.2) is 53.4 Å². The Kier molecular flexibility index (Phi) is 7.47. The highest BCUT2D eigenvalue weighted by Gasteiger charge is 2.31. The van der Waals surface area contributed by atoms with Crippen LogP contribution in [-0.4, -0.2) is 49.7 Å². The zero-order chi connectivity index (χ0) is 22.4. The summed E-state index contributed by atoms with van der Waals surface area (Å²) >= 11 is 5.82. The van der Waals surface area contributed by atoms with Gasteiger partial charge in [0.2, 0.25) is 15.9 Å². The van der Waals surface area contributed by atoms with E-state index >= 15 is 0 Å². The Morgan fingerprint density at radius 3 is 2.39 bits per heavy atom. The smallest absolute Gasteiger partial charge is 0.292 e. The predicted octanol–water partition coefficient (Wildman–Crippen LogP) is 2.88. The molecule has 31 heavy (non-hydrogen) atoms. The molecule has 2 aromatic carbocycles. The molecular weight excluding hydrogens is 444 g/mol. The molecule has 1 amide bonds. The molecule has 166 valence electrons. The molecule has 2 aromatic rings. The van der Waals surface area contributed by atoms with Crippen molar-refractivity contribution in [3.63, 3.8) is 0 Å². The summed E-state index contributed by atoms with van der Waals surface area (Å²) in [6.45, 7) is 1.16. The topological polar surface area (TPSA) is 122 Å². The summed E-state index contributed by atoms with van der Waals surface area (Å²) in [5.41, 5.74) is 0.366. The largest absolute Gasteiger partial charge is 0.378 e. The molecule has 0 saturated carbocycles. The number of anilines is 1. The number of nitrogens with one attached hydrogen (secondary N) is 2. The van der Waals surface area contributed by atoms with Crippen molar-refractivity contribution in [1.29, 1.82) is 0 Å². The van der Waals surface area contributed by atoms with Crippen molar-refractivity contribution in [2.75, 3.05) is 31.5 Å². The van der Waals surface area contributed by atoms with Crippen LogP contribution in [0.25, 0.3) is 0 Å². The van der Waals surface area contributed by atoms with E-state index < -0.39 is 14.9 Å². The van der Waals surface area contributed by atoms with E-state index in [0.29, 0.717) is 36.6 Å². The fourth-order valence-electron chi connectivity index (χ4n) is 3.42. The molecule has 0 unspecified atom stereocenters. The van der Waals surface area contributed by atoms with Gasteiger partial charge in [0.05, 0.1) is 9.82 Å². The highest BCUT2D eigenvalue weighted by atomic mass is 35.5. The molecule has 0 radical (unpaired) electrons. The molecule has 0 spiro atoms. The lowest BCUT2D eigenvalue weighted by Crippen LogP contribution is -2.43. The Morgan fingerprint density at radius 2 is 1.74 bits per heavy atom. The first-order chi connectivity index (χ1) is 14.8. The third-order valence-corrected chi connectivity index (χ3v) is 7.28. The van der Waals surface area contributed by atoms with Crippen LogP contribution in [0.2, 0.25) is 5.02 Å². The standard InChI is InChI=1S/C20H23ClN4O5S/c21-16-5-7-17(8-6-16)31(29,30)24-13-9-15(10-14-24)20(26)23-12-11-22-18-3-1-2-4-19(18)25(27)28/h1-8,15,22H,9-14H2,(H,23,26). The molecule has 0 bridgehead atoms. The van der Waals surface area contributed by atoms with Crippen LogP contribution < -0.4 is 10.6 Å². The van der Waals surface area contributed by atoms with Crippen LogP contribution >= 0.6 is 11.6 Å². The van der Waals surface area contributed by atoms with Gasteiger partial charge in [-0.3, -0.25) is 14.9 Å². The van der Waals surface area contributed by atoms with Gasteiger partial charge in [-0.25, -0.2) is 8.42 Å². The monoisotopic (exact) mass is 466 g/mol. The molecule has 1 saturated heterocycles. The first-order valence-electron chi connectivity index (χ1n) is 9.80. The maximum atomic E-state index is 12.7. The molecule has 0 aromatic heterocycles. The number of halogens is 1. The fraction of sp³-hybridized carbons (Fsp3) is 0.350. The number of rotatable bonds is 8. The number of carbonyl (C=O) groups is 1. The van der Waals surface area contributed by atoms with E-state index in [2.05, 4.69) is 10.6 Å². The van der Waals surface area contributed by atoms with Crippen molar-refractivity contribution in [2.24, 2.45) is 5.92 Å². The Bertz CT molecular complexity index is 1040. The van der Waals surface area contributed by atoms with E-state index in [1.165, 1.54) is 34.6 Å². The van der Waals surface area contributed by atoms with E-state index in [1.54, 1.807) is 18.2 Å².